The number of sulfonamides is 1. The first kappa shape index (κ1) is 15.0. The number of nitrogens with one attached hydrogen (secondary N) is 2. The fraction of sp³-hybridized carbons (Fsp3) is 0.300. The molecule has 0 spiro atoms. The second-order valence-corrected chi connectivity index (χ2v) is 5.99. The van der Waals surface area contributed by atoms with Gasteiger partial charge in [-0.3, -0.25) is 14.9 Å². The molecule has 1 aliphatic heterocycles. The summed E-state index contributed by atoms with van der Waals surface area (Å²) >= 11 is 0. The van der Waals surface area contributed by atoms with Crippen molar-refractivity contribution >= 4 is 33.0 Å². The Hall–Kier alpha value is -2.40. The van der Waals surface area contributed by atoms with Gasteiger partial charge in [-0.1, -0.05) is 0 Å². The number of amides is 1. The number of nitro benzene ring substituents is 1. The lowest BCUT2D eigenvalue weighted by atomic mass is 10.2. The average molecular weight is 316 g/mol. The van der Waals surface area contributed by atoms with Crippen LogP contribution in [0.1, 0.15) is 0 Å². The second kappa shape index (κ2) is 5.54. The molecule has 0 radical (unpaired) electrons. The third kappa shape index (κ3) is 3.79. The smallest absolute Gasteiger partial charge is 0.296 e. The Kier molecular flexibility index (Phi) is 3.95. The number of hydrogen-bond acceptors (Lipinski definition) is 7. The maximum absolute atomic E-state index is 11.2. The van der Waals surface area contributed by atoms with Gasteiger partial charge in [-0.25, -0.2) is 13.6 Å². The number of nitrogens with zero attached hydrogens (tertiary/aromatic N) is 1. The lowest BCUT2D eigenvalue weighted by Crippen LogP contribution is -2.26. The Labute approximate surface area is 119 Å². The van der Waals surface area contributed by atoms with Crippen LogP contribution in [0.2, 0.25) is 0 Å². The fourth-order valence-corrected chi connectivity index (χ4v) is 2.12. The first-order valence-electron chi connectivity index (χ1n) is 5.76. The number of fused-ring (bicyclic) bond motifs is 1. The van der Waals surface area contributed by atoms with Crippen LogP contribution in [0, 0.1) is 10.1 Å². The molecule has 0 saturated heterocycles. The molecule has 21 heavy (non-hydrogen) atoms. The van der Waals surface area contributed by atoms with Crippen LogP contribution in [0.3, 0.4) is 0 Å². The predicted octanol–water partition coefficient (Wildman–Crippen LogP) is -0.374. The van der Waals surface area contributed by atoms with Gasteiger partial charge in [0.1, 0.15) is 5.69 Å². The average Bonchev–Trinajstić information content (AvgIpc) is 2.36. The summed E-state index contributed by atoms with van der Waals surface area (Å²) in [6.07, 6.45) is 0. The lowest BCUT2D eigenvalue weighted by Gasteiger charge is -2.19. The van der Waals surface area contributed by atoms with Crippen molar-refractivity contribution < 1.29 is 22.9 Å². The molecular formula is C10H12N4O6S. The number of ether oxygens (including phenoxy) is 1. The number of anilines is 2. The Morgan fingerprint density at radius 1 is 1.48 bits per heavy atom. The molecule has 0 unspecified atom stereocenters. The number of carbonyl (C=O) groups excluding carboxylic acids is 1. The summed E-state index contributed by atoms with van der Waals surface area (Å²) in [6, 6.07) is 2.47. The van der Waals surface area contributed by atoms with Crippen LogP contribution in [0.25, 0.3) is 0 Å². The molecule has 0 fully saturated rings. The normalized spacial score (nSPS) is 13.9. The van der Waals surface area contributed by atoms with Gasteiger partial charge in [0.05, 0.1) is 22.4 Å². The maximum Gasteiger partial charge on any atom is 0.296 e. The largest absolute Gasteiger partial charge is 0.481 e. The van der Waals surface area contributed by atoms with E-state index >= 15 is 0 Å². The summed E-state index contributed by atoms with van der Waals surface area (Å²) < 4.78 is 26.8. The van der Waals surface area contributed by atoms with Gasteiger partial charge < -0.3 is 15.4 Å². The van der Waals surface area contributed by atoms with E-state index in [1.807, 2.05) is 0 Å². The minimum Gasteiger partial charge on any atom is -0.481 e. The highest BCUT2D eigenvalue weighted by Crippen LogP contribution is 2.37. The minimum atomic E-state index is -3.68. The van der Waals surface area contributed by atoms with Crippen LogP contribution >= 0.6 is 0 Å². The summed E-state index contributed by atoms with van der Waals surface area (Å²) in [6.45, 7) is -0.324. The van der Waals surface area contributed by atoms with Crippen molar-refractivity contribution in [3.8, 4) is 5.75 Å². The van der Waals surface area contributed by atoms with Gasteiger partial charge in [-0.05, 0) is 6.07 Å². The van der Waals surface area contributed by atoms with Crippen LogP contribution in [-0.2, 0) is 14.8 Å². The van der Waals surface area contributed by atoms with E-state index < -0.39 is 14.9 Å². The number of carbonyl (C=O) groups is 1. The summed E-state index contributed by atoms with van der Waals surface area (Å²) in [5, 5.41) is 21.0. The number of primary sulfonamides is 1. The van der Waals surface area contributed by atoms with E-state index in [2.05, 4.69) is 10.6 Å². The van der Waals surface area contributed by atoms with Gasteiger partial charge in [0.25, 0.3) is 11.6 Å². The maximum atomic E-state index is 11.2. The quantitative estimate of drug-likeness (QED) is 0.494. The standard InChI is InChI=1S/C10H12N4O6S/c11-21(18,19)2-1-12-6-3-7-9(4-8(6)14(16)17)20-5-10(15)13-7/h3-4,12H,1-2,5H2,(H,13,15)(H2,11,18,19). The number of hydrogen-bond donors (Lipinski definition) is 3. The molecule has 10 nitrogen and oxygen atoms in total. The molecule has 0 aliphatic carbocycles. The summed E-state index contributed by atoms with van der Waals surface area (Å²) in [7, 11) is -3.68. The molecule has 1 aliphatic rings. The lowest BCUT2D eigenvalue weighted by molar-refractivity contribution is -0.384. The van der Waals surface area contributed by atoms with Crippen molar-refractivity contribution in [1.29, 1.82) is 0 Å². The Morgan fingerprint density at radius 3 is 2.81 bits per heavy atom. The van der Waals surface area contributed by atoms with E-state index in [1.165, 1.54) is 6.07 Å². The number of nitro groups is 1. The molecule has 0 atom stereocenters. The Balaban J connectivity index is 2.28. The Morgan fingerprint density at radius 2 is 2.19 bits per heavy atom. The molecule has 0 saturated carbocycles. The second-order valence-electron chi connectivity index (χ2n) is 4.25. The predicted molar refractivity (Wildman–Crippen MR) is 73.7 cm³/mol. The van der Waals surface area contributed by atoms with Gasteiger partial charge >= 0.3 is 0 Å². The number of nitrogens with two attached hydrogens (primary N) is 1. The van der Waals surface area contributed by atoms with Crippen molar-refractivity contribution in [2.45, 2.75) is 0 Å². The highest BCUT2D eigenvalue weighted by molar-refractivity contribution is 7.89. The van der Waals surface area contributed by atoms with Crippen molar-refractivity contribution in [2.24, 2.45) is 5.14 Å². The van der Waals surface area contributed by atoms with Crippen molar-refractivity contribution in [1.82, 2.24) is 0 Å². The zero-order valence-corrected chi connectivity index (χ0v) is 11.5. The molecule has 0 bridgehead atoms. The molecule has 2 rings (SSSR count). The van der Waals surface area contributed by atoms with Crippen LogP contribution < -0.4 is 20.5 Å². The third-order valence-electron chi connectivity index (χ3n) is 2.63. The van der Waals surface area contributed by atoms with E-state index in [1.54, 1.807) is 0 Å². The van der Waals surface area contributed by atoms with E-state index in [4.69, 9.17) is 9.88 Å². The molecule has 0 aromatic heterocycles. The van der Waals surface area contributed by atoms with Crippen LogP contribution in [0.5, 0.6) is 5.75 Å². The molecule has 11 heteroatoms. The monoisotopic (exact) mass is 316 g/mol. The van der Waals surface area contributed by atoms with Crippen LogP contribution in [0.4, 0.5) is 17.1 Å². The van der Waals surface area contributed by atoms with Gasteiger partial charge in [0.15, 0.2) is 12.4 Å². The minimum absolute atomic E-state index is 0.0631. The molecule has 1 amide bonds. The molecular weight excluding hydrogens is 304 g/mol. The molecule has 1 aromatic rings. The topological polar surface area (TPSA) is 154 Å². The zero-order chi connectivity index (χ0) is 15.6. The van der Waals surface area contributed by atoms with Gasteiger partial charge in [-0.15, -0.1) is 0 Å². The SMILES string of the molecule is NS(=O)(=O)CCNc1cc2c(cc1[N+](=O)[O-])OCC(=O)N2. The van der Waals surface area contributed by atoms with Crippen LogP contribution in [-0.4, -0.2) is 38.2 Å². The van der Waals surface area contributed by atoms with Gasteiger partial charge in [-0.2, -0.15) is 0 Å². The highest BCUT2D eigenvalue weighted by atomic mass is 32.2. The summed E-state index contributed by atoms with van der Waals surface area (Å²) in [5.41, 5.74) is 0.0440. The van der Waals surface area contributed by atoms with E-state index in [-0.39, 0.29) is 47.6 Å². The van der Waals surface area contributed by atoms with Gasteiger partial charge in [0.2, 0.25) is 10.0 Å². The molecule has 114 valence electrons. The molecule has 1 heterocycles. The highest BCUT2D eigenvalue weighted by Gasteiger charge is 2.23. The number of rotatable bonds is 5. The van der Waals surface area contributed by atoms with E-state index in [0.29, 0.717) is 0 Å². The summed E-state index contributed by atoms with van der Waals surface area (Å²) in [5.74, 6) is -0.588. The van der Waals surface area contributed by atoms with Crippen molar-refractivity contribution in [3.05, 3.63) is 22.2 Å². The Bertz CT molecular complexity index is 702. The van der Waals surface area contributed by atoms with Crippen molar-refractivity contribution in [3.63, 3.8) is 0 Å². The number of benzene rings is 1. The molecule has 1 aromatic carbocycles. The van der Waals surface area contributed by atoms with E-state index in [0.717, 1.165) is 6.07 Å². The van der Waals surface area contributed by atoms with E-state index in [9.17, 15) is 23.3 Å². The van der Waals surface area contributed by atoms with Crippen LogP contribution in [0.15, 0.2) is 12.1 Å². The zero-order valence-electron chi connectivity index (χ0n) is 10.7. The first-order chi connectivity index (χ1) is 9.76. The van der Waals surface area contributed by atoms with Crippen molar-refractivity contribution in [2.75, 3.05) is 29.5 Å². The van der Waals surface area contributed by atoms with Gasteiger partial charge in [0, 0.05) is 6.54 Å². The summed E-state index contributed by atoms with van der Waals surface area (Å²) in [4.78, 5) is 21.6. The third-order valence-corrected chi connectivity index (χ3v) is 3.40. The molecule has 4 N–H and O–H groups in total. The fourth-order valence-electron chi connectivity index (χ4n) is 1.74. The first-order valence-corrected chi connectivity index (χ1v) is 7.47.